The van der Waals surface area contributed by atoms with E-state index in [2.05, 4.69) is 20.6 Å². The Bertz CT molecular complexity index is 1690. The summed E-state index contributed by atoms with van der Waals surface area (Å²) in [5, 5.41) is 12.5. The zero-order valence-corrected chi connectivity index (χ0v) is 22.1. The molecule has 2 heterocycles. The monoisotopic (exact) mass is 527 g/mol. The molecule has 2 N–H and O–H groups in total. The molecular weight excluding hydrogens is 498 g/mol. The number of hydrogen-bond acceptors (Lipinski definition) is 8. The average molecular weight is 528 g/mol. The van der Waals surface area contributed by atoms with Crippen LogP contribution in [0.5, 0.6) is 11.5 Å². The van der Waals surface area contributed by atoms with Crippen molar-refractivity contribution in [3.63, 3.8) is 0 Å². The molecule has 39 heavy (non-hydrogen) atoms. The van der Waals surface area contributed by atoms with Gasteiger partial charge in [0.15, 0.2) is 0 Å². The third kappa shape index (κ3) is 5.32. The number of rotatable bonds is 9. The third-order valence-electron chi connectivity index (χ3n) is 6.71. The molecule has 0 aliphatic heterocycles. The second kappa shape index (κ2) is 10.6. The second-order valence-electron chi connectivity index (χ2n) is 9.68. The largest absolute Gasteiger partial charge is 0.497 e. The van der Waals surface area contributed by atoms with Crippen LogP contribution < -0.4 is 25.2 Å². The predicted octanol–water partition coefficient (Wildman–Crippen LogP) is 3.38. The highest BCUT2D eigenvalue weighted by atomic mass is 16.7. The van der Waals surface area contributed by atoms with Crippen LogP contribution in [0.15, 0.2) is 77.7 Å². The summed E-state index contributed by atoms with van der Waals surface area (Å²) in [5.41, 5.74) is 1.80. The van der Waals surface area contributed by atoms with Gasteiger partial charge >= 0.3 is 11.5 Å². The van der Waals surface area contributed by atoms with E-state index < -0.39 is 23.1 Å². The van der Waals surface area contributed by atoms with Crippen molar-refractivity contribution in [1.82, 2.24) is 25.5 Å². The number of aromatic nitrogens is 4. The molecule has 0 aliphatic carbocycles. The maximum atomic E-state index is 13.6. The quantitative estimate of drug-likeness (QED) is 0.280. The van der Waals surface area contributed by atoms with Gasteiger partial charge in [0, 0.05) is 35.1 Å². The van der Waals surface area contributed by atoms with E-state index in [0.29, 0.717) is 27.2 Å². The third-order valence-corrected chi connectivity index (χ3v) is 6.71. The molecule has 0 aliphatic rings. The van der Waals surface area contributed by atoms with E-state index in [-0.39, 0.29) is 6.42 Å². The first kappa shape index (κ1) is 25.9. The SMILES string of the molecule is COc1cc(OC)cc(C(C)(C)NC(Cc2c[nH]c3ccccc23)C(=O)On2nnc3ccccc3c2=O)c1. The van der Waals surface area contributed by atoms with E-state index >= 15 is 0 Å². The summed E-state index contributed by atoms with van der Waals surface area (Å²) in [6, 6.07) is 19.3. The molecule has 5 aromatic rings. The number of fused-ring (bicyclic) bond motifs is 2. The molecule has 0 saturated carbocycles. The zero-order chi connectivity index (χ0) is 27.6. The Balaban J connectivity index is 1.50. The standard InChI is InChI=1S/C29H29N5O5/c1-29(2,19-14-20(37-3)16-21(15-19)38-4)31-26(13-18-17-30-24-11-7-5-9-22(18)24)28(36)39-34-27(35)23-10-6-8-12-25(23)32-33-34/h5-12,14-17,26,30-31H,13H2,1-4H3. The van der Waals surface area contributed by atoms with Gasteiger partial charge in [0.25, 0.3) is 0 Å². The summed E-state index contributed by atoms with van der Waals surface area (Å²) in [4.78, 5) is 36.0. The van der Waals surface area contributed by atoms with Gasteiger partial charge in [0.1, 0.15) is 23.1 Å². The fraction of sp³-hybridized carbons (Fsp3) is 0.241. The molecule has 1 atom stereocenters. The molecule has 10 nitrogen and oxygen atoms in total. The van der Waals surface area contributed by atoms with Gasteiger partial charge in [0.05, 0.1) is 19.6 Å². The fourth-order valence-corrected chi connectivity index (χ4v) is 4.58. The van der Waals surface area contributed by atoms with Crippen molar-refractivity contribution in [2.75, 3.05) is 14.2 Å². The van der Waals surface area contributed by atoms with Crippen molar-refractivity contribution < 1.29 is 19.1 Å². The lowest BCUT2D eigenvalue weighted by Gasteiger charge is -2.32. The molecular formula is C29H29N5O5. The number of nitrogens with one attached hydrogen (secondary N) is 2. The first-order chi connectivity index (χ1) is 18.8. The fourth-order valence-electron chi connectivity index (χ4n) is 4.58. The van der Waals surface area contributed by atoms with Crippen molar-refractivity contribution in [3.8, 4) is 11.5 Å². The Kier molecular flexibility index (Phi) is 7.03. The van der Waals surface area contributed by atoms with Crippen LogP contribution in [0.2, 0.25) is 0 Å². The topological polar surface area (TPSA) is 120 Å². The van der Waals surface area contributed by atoms with Gasteiger partial charge in [-0.3, -0.25) is 10.1 Å². The molecule has 0 fully saturated rings. The molecule has 1 unspecified atom stereocenters. The van der Waals surface area contributed by atoms with Gasteiger partial charge in [-0.15, -0.1) is 5.10 Å². The summed E-state index contributed by atoms with van der Waals surface area (Å²) in [5.74, 6) is 0.552. The molecule has 0 spiro atoms. The highest BCUT2D eigenvalue weighted by molar-refractivity contribution is 5.85. The summed E-state index contributed by atoms with van der Waals surface area (Å²) < 4.78 is 10.9. The minimum atomic E-state index is -0.864. The van der Waals surface area contributed by atoms with E-state index in [4.69, 9.17) is 14.3 Å². The zero-order valence-electron chi connectivity index (χ0n) is 22.1. The molecule has 5 rings (SSSR count). The summed E-state index contributed by atoms with van der Waals surface area (Å²) in [6.07, 6.45) is 2.15. The van der Waals surface area contributed by atoms with Crippen LogP contribution >= 0.6 is 0 Å². The number of methoxy groups -OCH3 is 2. The van der Waals surface area contributed by atoms with Crippen LogP contribution in [-0.4, -0.2) is 46.4 Å². The lowest BCUT2D eigenvalue weighted by molar-refractivity contribution is -0.149. The molecule has 3 aromatic carbocycles. The van der Waals surface area contributed by atoms with E-state index in [0.717, 1.165) is 22.0 Å². The van der Waals surface area contributed by atoms with Crippen molar-refractivity contribution in [1.29, 1.82) is 0 Å². The first-order valence-corrected chi connectivity index (χ1v) is 12.4. The highest BCUT2D eigenvalue weighted by Gasteiger charge is 2.32. The average Bonchev–Trinajstić information content (AvgIpc) is 3.36. The Morgan fingerprint density at radius 3 is 2.38 bits per heavy atom. The summed E-state index contributed by atoms with van der Waals surface area (Å²) >= 11 is 0. The molecule has 0 radical (unpaired) electrons. The maximum absolute atomic E-state index is 13.6. The Labute approximate surface area is 224 Å². The van der Waals surface area contributed by atoms with Crippen LogP contribution in [0.4, 0.5) is 0 Å². The Morgan fingerprint density at radius 2 is 1.67 bits per heavy atom. The van der Waals surface area contributed by atoms with Crippen molar-refractivity contribution in [2.45, 2.75) is 31.8 Å². The molecule has 10 heteroatoms. The Hall–Kier alpha value is -4.70. The normalized spacial score (nSPS) is 12.4. The lowest BCUT2D eigenvalue weighted by atomic mass is 9.91. The summed E-state index contributed by atoms with van der Waals surface area (Å²) in [6.45, 7) is 3.89. The van der Waals surface area contributed by atoms with E-state index in [9.17, 15) is 9.59 Å². The van der Waals surface area contributed by atoms with Crippen LogP contribution in [0.1, 0.15) is 25.0 Å². The van der Waals surface area contributed by atoms with Crippen molar-refractivity contribution in [3.05, 3.63) is 94.4 Å². The number of hydrogen-bond donors (Lipinski definition) is 2. The number of carbonyl (C=O) groups excluding carboxylic acids is 1. The van der Waals surface area contributed by atoms with Gasteiger partial charge in [-0.2, -0.15) is 0 Å². The number of benzene rings is 3. The minimum Gasteiger partial charge on any atom is -0.497 e. The van der Waals surface area contributed by atoms with E-state index in [1.165, 1.54) is 0 Å². The number of H-pyrrole nitrogens is 1. The number of nitrogens with zero attached hydrogens (tertiary/aromatic N) is 3. The predicted molar refractivity (Wildman–Crippen MR) is 147 cm³/mol. The number of aromatic amines is 1. The van der Waals surface area contributed by atoms with Crippen molar-refractivity contribution in [2.24, 2.45) is 0 Å². The Morgan fingerprint density at radius 1 is 1.00 bits per heavy atom. The van der Waals surface area contributed by atoms with Crippen molar-refractivity contribution >= 4 is 27.8 Å². The number of carbonyl (C=O) groups is 1. The van der Waals surface area contributed by atoms with E-state index in [1.807, 2.05) is 56.4 Å². The minimum absolute atomic E-state index is 0.281. The molecule has 200 valence electrons. The smallest absolute Gasteiger partial charge is 0.352 e. The van der Waals surface area contributed by atoms with Gasteiger partial charge in [-0.05, 0) is 65.4 Å². The van der Waals surface area contributed by atoms with Gasteiger partial charge < -0.3 is 19.3 Å². The number of para-hydroxylation sites is 1. The lowest BCUT2D eigenvalue weighted by Crippen LogP contribution is -2.52. The van der Waals surface area contributed by atoms with Gasteiger partial charge in [0.2, 0.25) is 0 Å². The molecule has 0 amide bonds. The van der Waals surface area contributed by atoms with Gasteiger partial charge in [-0.1, -0.05) is 30.3 Å². The molecule has 2 aromatic heterocycles. The molecule has 0 bridgehead atoms. The summed E-state index contributed by atoms with van der Waals surface area (Å²) in [7, 11) is 3.16. The van der Waals surface area contributed by atoms with Crippen LogP contribution in [-0.2, 0) is 16.8 Å². The maximum Gasteiger partial charge on any atom is 0.352 e. The van der Waals surface area contributed by atoms with Crippen LogP contribution in [0, 0.1) is 0 Å². The van der Waals surface area contributed by atoms with Crippen LogP contribution in [0.3, 0.4) is 0 Å². The number of ether oxygens (including phenoxy) is 2. The molecule has 0 saturated heterocycles. The van der Waals surface area contributed by atoms with Crippen LogP contribution in [0.25, 0.3) is 21.8 Å². The highest BCUT2D eigenvalue weighted by Crippen LogP contribution is 2.30. The first-order valence-electron chi connectivity index (χ1n) is 12.4. The van der Waals surface area contributed by atoms with Gasteiger partial charge in [-0.25, -0.2) is 4.79 Å². The van der Waals surface area contributed by atoms with E-state index in [1.54, 1.807) is 44.6 Å². The second-order valence-corrected chi connectivity index (χ2v) is 9.68.